The summed E-state index contributed by atoms with van der Waals surface area (Å²) in [5, 5.41) is 3.01. The molecule has 0 aromatic heterocycles. The molecule has 1 saturated carbocycles. The summed E-state index contributed by atoms with van der Waals surface area (Å²) in [4.78, 5) is 11.4. The standard InChI is InChI=1S/C14H27NO/c1-12(2)11-14(16)15-10-6-9-13-7-4-3-5-8-13/h12-13H,3-11H2,1-2H3,(H,15,16). The Balaban J connectivity index is 1.96. The molecule has 0 aromatic carbocycles. The highest BCUT2D eigenvalue weighted by atomic mass is 16.1. The second-order valence-electron chi connectivity index (χ2n) is 5.59. The van der Waals surface area contributed by atoms with Crippen LogP contribution >= 0.6 is 0 Å². The Labute approximate surface area is 100 Å². The van der Waals surface area contributed by atoms with Crippen LogP contribution in [0.3, 0.4) is 0 Å². The van der Waals surface area contributed by atoms with E-state index in [1.165, 1.54) is 38.5 Å². The summed E-state index contributed by atoms with van der Waals surface area (Å²) in [6, 6.07) is 0. The fourth-order valence-electron chi connectivity index (χ4n) is 2.54. The molecule has 2 nitrogen and oxygen atoms in total. The zero-order valence-corrected chi connectivity index (χ0v) is 10.9. The van der Waals surface area contributed by atoms with Gasteiger partial charge in [-0.2, -0.15) is 0 Å². The van der Waals surface area contributed by atoms with Gasteiger partial charge in [0.15, 0.2) is 0 Å². The second-order valence-corrected chi connectivity index (χ2v) is 5.59. The van der Waals surface area contributed by atoms with Gasteiger partial charge in [-0.05, 0) is 24.7 Å². The fourth-order valence-corrected chi connectivity index (χ4v) is 2.54. The molecule has 1 N–H and O–H groups in total. The molecule has 1 aliphatic carbocycles. The number of carbonyl (C=O) groups is 1. The molecule has 0 aromatic rings. The van der Waals surface area contributed by atoms with Crippen LogP contribution in [0, 0.1) is 11.8 Å². The number of nitrogens with one attached hydrogen (secondary N) is 1. The average Bonchev–Trinajstić information content (AvgIpc) is 2.25. The van der Waals surface area contributed by atoms with E-state index in [0.717, 1.165) is 18.9 Å². The van der Waals surface area contributed by atoms with Crippen LogP contribution in [0.5, 0.6) is 0 Å². The van der Waals surface area contributed by atoms with Crippen LogP contribution < -0.4 is 5.32 Å². The van der Waals surface area contributed by atoms with E-state index in [4.69, 9.17) is 0 Å². The van der Waals surface area contributed by atoms with Gasteiger partial charge in [-0.3, -0.25) is 4.79 Å². The first-order valence-electron chi connectivity index (χ1n) is 6.95. The lowest BCUT2D eigenvalue weighted by atomic mass is 9.86. The molecule has 16 heavy (non-hydrogen) atoms. The second kappa shape index (κ2) is 7.70. The minimum absolute atomic E-state index is 0.221. The van der Waals surface area contributed by atoms with Crippen molar-refractivity contribution in [1.29, 1.82) is 0 Å². The first kappa shape index (κ1) is 13.5. The minimum atomic E-state index is 0.221. The molecule has 94 valence electrons. The Kier molecular flexibility index (Phi) is 6.51. The first-order valence-corrected chi connectivity index (χ1v) is 6.95. The summed E-state index contributed by atoms with van der Waals surface area (Å²) in [6.07, 6.45) is 10.2. The maximum Gasteiger partial charge on any atom is 0.220 e. The molecule has 0 atom stereocenters. The number of rotatable bonds is 6. The predicted octanol–water partition coefficient (Wildman–Crippen LogP) is 3.51. The van der Waals surface area contributed by atoms with Crippen LogP contribution in [-0.2, 0) is 4.79 Å². The molecular weight excluding hydrogens is 198 g/mol. The summed E-state index contributed by atoms with van der Waals surface area (Å²) in [7, 11) is 0. The SMILES string of the molecule is CC(C)CC(=O)NCCCC1CCCCC1. The number of amides is 1. The maximum absolute atomic E-state index is 11.4. The Hall–Kier alpha value is -0.530. The molecule has 0 spiro atoms. The topological polar surface area (TPSA) is 29.1 Å². The van der Waals surface area contributed by atoms with E-state index in [9.17, 15) is 4.79 Å². The van der Waals surface area contributed by atoms with Gasteiger partial charge in [0.2, 0.25) is 5.91 Å². The monoisotopic (exact) mass is 225 g/mol. The number of carbonyl (C=O) groups excluding carboxylic acids is 1. The highest BCUT2D eigenvalue weighted by Gasteiger charge is 2.12. The lowest BCUT2D eigenvalue weighted by Gasteiger charge is -2.21. The van der Waals surface area contributed by atoms with Gasteiger partial charge in [-0.25, -0.2) is 0 Å². The van der Waals surface area contributed by atoms with Gasteiger partial charge < -0.3 is 5.32 Å². The van der Waals surface area contributed by atoms with Crippen LogP contribution in [-0.4, -0.2) is 12.5 Å². The van der Waals surface area contributed by atoms with Crippen LogP contribution in [0.15, 0.2) is 0 Å². The Morgan fingerprint density at radius 3 is 2.56 bits per heavy atom. The zero-order chi connectivity index (χ0) is 11.8. The van der Waals surface area contributed by atoms with Crippen molar-refractivity contribution >= 4 is 5.91 Å². The van der Waals surface area contributed by atoms with Crippen LogP contribution in [0.4, 0.5) is 0 Å². The van der Waals surface area contributed by atoms with Gasteiger partial charge in [0, 0.05) is 13.0 Å². The van der Waals surface area contributed by atoms with Crippen LogP contribution in [0.1, 0.15) is 65.2 Å². The van der Waals surface area contributed by atoms with Crippen LogP contribution in [0.25, 0.3) is 0 Å². The lowest BCUT2D eigenvalue weighted by molar-refractivity contribution is -0.121. The first-order chi connectivity index (χ1) is 7.68. The van der Waals surface area contributed by atoms with E-state index in [1.807, 2.05) is 0 Å². The van der Waals surface area contributed by atoms with Crippen molar-refractivity contribution in [2.75, 3.05) is 6.54 Å². The quantitative estimate of drug-likeness (QED) is 0.689. The molecule has 0 saturated heterocycles. The molecule has 2 heteroatoms. The van der Waals surface area contributed by atoms with Crippen molar-refractivity contribution < 1.29 is 4.79 Å². The molecule has 1 amide bonds. The summed E-state index contributed by atoms with van der Waals surface area (Å²) in [5.74, 6) is 1.63. The molecule has 1 aliphatic rings. The predicted molar refractivity (Wildman–Crippen MR) is 68.3 cm³/mol. The van der Waals surface area contributed by atoms with E-state index >= 15 is 0 Å². The maximum atomic E-state index is 11.4. The van der Waals surface area contributed by atoms with Gasteiger partial charge in [0.1, 0.15) is 0 Å². The van der Waals surface area contributed by atoms with Crippen LogP contribution in [0.2, 0.25) is 0 Å². The average molecular weight is 225 g/mol. The third-order valence-corrected chi connectivity index (χ3v) is 3.43. The van der Waals surface area contributed by atoms with Crippen molar-refractivity contribution in [2.45, 2.75) is 65.2 Å². The van der Waals surface area contributed by atoms with Gasteiger partial charge in [-0.15, -0.1) is 0 Å². The van der Waals surface area contributed by atoms with E-state index in [-0.39, 0.29) is 5.91 Å². The summed E-state index contributed by atoms with van der Waals surface area (Å²) >= 11 is 0. The van der Waals surface area contributed by atoms with Crippen molar-refractivity contribution in [3.05, 3.63) is 0 Å². The molecule has 0 bridgehead atoms. The largest absolute Gasteiger partial charge is 0.356 e. The van der Waals surface area contributed by atoms with Crippen molar-refractivity contribution in [1.82, 2.24) is 5.32 Å². The van der Waals surface area contributed by atoms with E-state index in [2.05, 4.69) is 19.2 Å². The minimum Gasteiger partial charge on any atom is -0.356 e. The molecular formula is C14H27NO. The van der Waals surface area contributed by atoms with E-state index in [0.29, 0.717) is 12.3 Å². The molecule has 0 aliphatic heterocycles. The Bertz CT molecular complexity index is 195. The summed E-state index contributed by atoms with van der Waals surface area (Å²) in [6.45, 7) is 5.05. The zero-order valence-electron chi connectivity index (χ0n) is 10.9. The number of hydrogen-bond acceptors (Lipinski definition) is 1. The smallest absolute Gasteiger partial charge is 0.220 e. The summed E-state index contributed by atoms with van der Waals surface area (Å²) < 4.78 is 0. The summed E-state index contributed by atoms with van der Waals surface area (Å²) in [5.41, 5.74) is 0. The van der Waals surface area contributed by atoms with Gasteiger partial charge >= 0.3 is 0 Å². The third kappa shape index (κ3) is 6.14. The van der Waals surface area contributed by atoms with Gasteiger partial charge in [-0.1, -0.05) is 46.0 Å². The highest BCUT2D eigenvalue weighted by molar-refractivity contribution is 5.75. The molecule has 1 rings (SSSR count). The van der Waals surface area contributed by atoms with E-state index < -0.39 is 0 Å². The van der Waals surface area contributed by atoms with Crippen molar-refractivity contribution in [3.8, 4) is 0 Å². The number of hydrogen-bond donors (Lipinski definition) is 1. The molecule has 0 radical (unpaired) electrons. The Morgan fingerprint density at radius 2 is 1.94 bits per heavy atom. The highest BCUT2D eigenvalue weighted by Crippen LogP contribution is 2.26. The van der Waals surface area contributed by atoms with Gasteiger partial charge in [0.05, 0.1) is 0 Å². The van der Waals surface area contributed by atoms with Crippen molar-refractivity contribution in [3.63, 3.8) is 0 Å². The Morgan fingerprint density at radius 1 is 1.25 bits per heavy atom. The fraction of sp³-hybridized carbons (Fsp3) is 0.929. The van der Waals surface area contributed by atoms with E-state index in [1.54, 1.807) is 0 Å². The molecule has 1 fully saturated rings. The van der Waals surface area contributed by atoms with Crippen molar-refractivity contribution in [2.24, 2.45) is 11.8 Å². The van der Waals surface area contributed by atoms with Gasteiger partial charge in [0.25, 0.3) is 0 Å². The molecule has 0 unspecified atom stereocenters. The lowest BCUT2D eigenvalue weighted by Crippen LogP contribution is -2.25. The normalized spacial score (nSPS) is 17.7. The third-order valence-electron chi connectivity index (χ3n) is 3.43. The molecule has 0 heterocycles.